The fourth-order valence-electron chi connectivity index (χ4n) is 2.08. The molecule has 0 saturated carbocycles. The minimum atomic E-state index is 0.283. The van der Waals surface area contributed by atoms with Crippen LogP contribution in [0.5, 0.6) is 0 Å². The molecule has 18 heavy (non-hydrogen) atoms. The lowest BCUT2D eigenvalue weighted by Gasteiger charge is -2.14. The molecule has 0 spiro atoms. The number of hydrogen-bond donors (Lipinski definition) is 2. The van der Waals surface area contributed by atoms with Crippen LogP contribution in [0.15, 0.2) is 16.5 Å². The molecule has 1 aromatic heterocycles. The molecule has 1 aromatic rings. The van der Waals surface area contributed by atoms with Gasteiger partial charge in [-0.15, -0.1) is 0 Å². The predicted octanol–water partition coefficient (Wildman–Crippen LogP) is 3.03. The van der Waals surface area contributed by atoms with Crippen molar-refractivity contribution < 1.29 is 9.52 Å². The maximum Gasteiger partial charge on any atom is 0.117 e. The van der Waals surface area contributed by atoms with E-state index in [-0.39, 0.29) is 6.61 Å². The molecule has 104 valence electrons. The zero-order valence-corrected chi connectivity index (χ0v) is 12.3. The van der Waals surface area contributed by atoms with Crippen LogP contribution in [0.1, 0.15) is 37.7 Å². The molecule has 1 atom stereocenters. The Morgan fingerprint density at radius 3 is 2.78 bits per heavy atom. The minimum absolute atomic E-state index is 0.283. The average Bonchev–Trinajstić information content (AvgIpc) is 2.78. The second kappa shape index (κ2) is 9.48. The second-order valence-electron chi connectivity index (χ2n) is 4.60. The van der Waals surface area contributed by atoms with Crippen molar-refractivity contribution in [3.63, 3.8) is 0 Å². The van der Waals surface area contributed by atoms with E-state index in [0.29, 0.717) is 5.92 Å². The maximum atomic E-state index is 8.99. The van der Waals surface area contributed by atoms with E-state index in [1.807, 2.05) is 12.1 Å². The number of aliphatic hydroxyl groups is 1. The van der Waals surface area contributed by atoms with Gasteiger partial charge in [-0.05, 0) is 43.7 Å². The molecule has 0 aromatic carbocycles. The summed E-state index contributed by atoms with van der Waals surface area (Å²) in [6.07, 6.45) is 5.30. The Bertz CT molecular complexity index is 308. The number of hydrogen-bond acceptors (Lipinski definition) is 4. The molecule has 0 radical (unpaired) electrons. The van der Waals surface area contributed by atoms with Crippen molar-refractivity contribution in [3.8, 4) is 0 Å². The molecule has 0 saturated heterocycles. The van der Waals surface area contributed by atoms with Gasteiger partial charge in [0.15, 0.2) is 0 Å². The molecular formula is C14H25NO2S. The second-order valence-corrected chi connectivity index (χ2v) is 5.46. The van der Waals surface area contributed by atoms with Gasteiger partial charge in [0.05, 0.1) is 12.3 Å². The highest BCUT2D eigenvalue weighted by molar-refractivity contribution is 7.97. The fourth-order valence-corrected chi connectivity index (χ4v) is 2.52. The summed E-state index contributed by atoms with van der Waals surface area (Å²) < 4.78 is 5.69. The molecule has 0 aliphatic heterocycles. The summed E-state index contributed by atoms with van der Waals surface area (Å²) in [4.78, 5) is 0. The third kappa shape index (κ3) is 5.94. The summed E-state index contributed by atoms with van der Waals surface area (Å²) in [6.45, 7) is 4.20. The number of nitrogens with one attached hydrogen (secondary N) is 1. The van der Waals surface area contributed by atoms with Crippen molar-refractivity contribution >= 4 is 11.8 Å². The highest BCUT2D eigenvalue weighted by Crippen LogP contribution is 2.14. The van der Waals surface area contributed by atoms with E-state index in [2.05, 4.69) is 18.5 Å². The van der Waals surface area contributed by atoms with Crippen LogP contribution >= 0.6 is 11.8 Å². The topological polar surface area (TPSA) is 45.4 Å². The first-order valence-electron chi connectivity index (χ1n) is 6.68. The van der Waals surface area contributed by atoms with Crippen molar-refractivity contribution in [1.82, 2.24) is 5.32 Å². The van der Waals surface area contributed by atoms with Gasteiger partial charge in [-0.1, -0.05) is 13.3 Å². The molecule has 0 bridgehead atoms. The minimum Gasteiger partial charge on any atom is -0.464 e. The van der Waals surface area contributed by atoms with Gasteiger partial charge >= 0.3 is 0 Å². The van der Waals surface area contributed by atoms with E-state index >= 15 is 0 Å². The molecule has 0 aliphatic rings. The first-order chi connectivity index (χ1) is 8.80. The van der Waals surface area contributed by atoms with Gasteiger partial charge in [-0.3, -0.25) is 0 Å². The molecule has 2 N–H and O–H groups in total. The summed E-state index contributed by atoms with van der Waals surface area (Å²) >= 11 is 1.77. The van der Waals surface area contributed by atoms with Crippen LogP contribution in [0.25, 0.3) is 0 Å². The molecule has 0 aliphatic carbocycles. The van der Waals surface area contributed by atoms with E-state index in [9.17, 15) is 0 Å². The first-order valence-corrected chi connectivity index (χ1v) is 8.07. The molecule has 4 heteroatoms. The van der Waals surface area contributed by atoms with Gasteiger partial charge in [0.1, 0.15) is 11.5 Å². The fraction of sp³-hybridized carbons (Fsp3) is 0.714. The highest BCUT2D eigenvalue weighted by atomic mass is 32.2. The monoisotopic (exact) mass is 271 g/mol. The third-order valence-corrected chi connectivity index (χ3v) is 3.54. The van der Waals surface area contributed by atoms with Crippen molar-refractivity contribution in [2.75, 3.05) is 19.4 Å². The van der Waals surface area contributed by atoms with E-state index in [4.69, 9.17) is 9.52 Å². The van der Waals surface area contributed by atoms with Crippen molar-refractivity contribution in [3.05, 3.63) is 23.7 Å². The van der Waals surface area contributed by atoms with Crippen LogP contribution < -0.4 is 5.32 Å². The lowest BCUT2D eigenvalue weighted by molar-refractivity contribution is 0.247. The van der Waals surface area contributed by atoms with Gasteiger partial charge in [0.25, 0.3) is 0 Å². The zero-order valence-electron chi connectivity index (χ0n) is 11.4. The van der Waals surface area contributed by atoms with Gasteiger partial charge in [0.2, 0.25) is 0 Å². The van der Waals surface area contributed by atoms with Crippen LogP contribution in [-0.2, 0) is 12.3 Å². The Morgan fingerprint density at radius 2 is 2.11 bits per heavy atom. The van der Waals surface area contributed by atoms with Crippen LogP contribution in [0.3, 0.4) is 0 Å². The summed E-state index contributed by atoms with van der Waals surface area (Å²) in [6, 6.07) is 4.09. The van der Waals surface area contributed by atoms with E-state index in [1.165, 1.54) is 12.8 Å². The Hall–Kier alpha value is -0.450. The number of rotatable bonds is 10. The van der Waals surface area contributed by atoms with Crippen molar-refractivity contribution in [2.45, 2.75) is 38.5 Å². The van der Waals surface area contributed by atoms with Crippen molar-refractivity contribution in [2.24, 2.45) is 5.92 Å². The number of furan rings is 1. The average molecular weight is 271 g/mol. The lowest BCUT2D eigenvalue weighted by Crippen LogP contribution is -2.23. The van der Waals surface area contributed by atoms with Gasteiger partial charge in [0, 0.05) is 6.61 Å². The van der Waals surface area contributed by atoms with Gasteiger partial charge in [-0.2, -0.15) is 11.8 Å². The first kappa shape index (κ1) is 15.6. The van der Waals surface area contributed by atoms with Crippen LogP contribution in [-0.4, -0.2) is 24.5 Å². The highest BCUT2D eigenvalue weighted by Gasteiger charge is 2.07. The SMILES string of the molecule is CCCC(CCO)CNCc1ccc(CSC)o1. The number of thioether (sulfide) groups is 1. The number of aliphatic hydroxyl groups excluding tert-OH is 1. The summed E-state index contributed by atoms with van der Waals surface area (Å²) in [5.74, 6) is 3.54. The molecule has 3 nitrogen and oxygen atoms in total. The van der Waals surface area contributed by atoms with Crippen LogP contribution in [0.4, 0.5) is 0 Å². The van der Waals surface area contributed by atoms with Crippen LogP contribution in [0.2, 0.25) is 0 Å². The molecule has 0 amide bonds. The standard InChI is InChI=1S/C14H25NO2S/c1-3-4-12(7-8-16)9-15-10-13-5-6-14(17-13)11-18-2/h5-6,12,15-16H,3-4,7-11H2,1-2H3. The molecule has 1 rings (SSSR count). The summed E-state index contributed by atoms with van der Waals surface area (Å²) in [5, 5.41) is 12.4. The lowest BCUT2D eigenvalue weighted by atomic mass is 10.0. The normalized spacial score (nSPS) is 12.8. The Morgan fingerprint density at radius 1 is 1.33 bits per heavy atom. The predicted molar refractivity (Wildman–Crippen MR) is 77.7 cm³/mol. The Kier molecular flexibility index (Phi) is 8.22. The molecule has 1 heterocycles. The largest absolute Gasteiger partial charge is 0.464 e. The van der Waals surface area contributed by atoms with Crippen LogP contribution in [0, 0.1) is 5.92 Å². The Labute approximate surface area is 114 Å². The zero-order chi connectivity index (χ0) is 13.2. The van der Waals surface area contributed by atoms with Crippen molar-refractivity contribution in [1.29, 1.82) is 0 Å². The molecule has 0 fully saturated rings. The van der Waals surface area contributed by atoms with Gasteiger partial charge in [-0.25, -0.2) is 0 Å². The summed E-state index contributed by atoms with van der Waals surface area (Å²) in [7, 11) is 0. The van der Waals surface area contributed by atoms with E-state index < -0.39 is 0 Å². The maximum absolute atomic E-state index is 8.99. The smallest absolute Gasteiger partial charge is 0.117 e. The molecular weight excluding hydrogens is 246 g/mol. The van der Waals surface area contributed by atoms with Gasteiger partial charge < -0.3 is 14.8 Å². The third-order valence-electron chi connectivity index (χ3n) is 2.97. The molecule has 1 unspecified atom stereocenters. The quantitative estimate of drug-likeness (QED) is 0.686. The van der Waals surface area contributed by atoms with E-state index in [1.54, 1.807) is 11.8 Å². The summed E-state index contributed by atoms with van der Waals surface area (Å²) in [5.41, 5.74) is 0. The Balaban J connectivity index is 2.25. The van der Waals surface area contributed by atoms with E-state index in [0.717, 1.165) is 36.8 Å².